The minimum atomic E-state index is -0.493. The van der Waals surface area contributed by atoms with Crippen molar-refractivity contribution in [1.29, 1.82) is 0 Å². The maximum absolute atomic E-state index is 12.4. The van der Waals surface area contributed by atoms with Crippen molar-refractivity contribution in [3.63, 3.8) is 0 Å². The van der Waals surface area contributed by atoms with E-state index in [0.717, 1.165) is 12.1 Å². The van der Waals surface area contributed by atoms with Crippen molar-refractivity contribution in [3.05, 3.63) is 47.5 Å². The molecule has 0 unspecified atom stereocenters. The van der Waals surface area contributed by atoms with Crippen molar-refractivity contribution in [1.82, 2.24) is 9.88 Å². The predicted octanol–water partition coefficient (Wildman–Crippen LogP) is 1.43. The Morgan fingerprint density at radius 2 is 2.00 bits per heavy atom. The monoisotopic (exact) mass is 328 g/mol. The minimum Gasteiger partial charge on any atom is -0.472 e. The third-order valence-electron chi connectivity index (χ3n) is 4.13. The highest BCUT2D eigenvalue weighted by atomic mass is 16.3. The number of pyridine rings is 1. The zero-order chi connectivity index (χ0) is 17.1. The van der Waals surface area contributed by atoms with Gasteiger partial charge in [-0.15, -0.1) is 0 Å². The van der Waals surface area contributed by atoms with E-state index in [0.29, 0.717) is 43.1 Å². The summed E-state index contributed by atoms with van der Waals surface area (Å²) in [5.41, 5.74) is 7.26. The number of carbonyl (C=O) groups is 2. The number of carbonyl (C=O) groups excluding carboxylic acids is 2. The molecule has 2 amide bonds. The van der Waals surface area contributed by atoms with Gasteiger partial charge in [0.1, 0.15) is 12.1 Å². The van der Waals surface area contributed by atoms with E-state index in [4.69, 9.17) is 10.2 Å². The molecule has 0 aromatic carbocycles. The van der Waals surface area contributed by atoms with Crippen molar-refractivity contribution in [2.75, 3.05) is 31.1 Å². The average molecular weight is 328 g/mol. The zero-order valence-corrected chi connectivity index (χ0v) is 13.6. The Bertz CT molecular complexity index is 742. The van der Waals surface area contributed by atoms with Crippen LogP contribution < -0.4 is 10.6 Å². The lowest BCUT2D eigenvalue weighted by Crippen LogP contribution is -2.35. The van der Waals surface area contributed by atoms with E-state index in [9.17, 15) is 9.59 Å². The first-order chi connectivity index (χ1) is 11.6. The number of furan rings is 1. The van der Waals surface area contributed by atoms with Crippen LogP contribution in [0, 0.1) is 6.92 Å². The summed E-state index contributed by atoms with van der Waals surface area (Å²) in [6.45, 7) is 4.39. The summed E-state index contributed by atoms with van der Waals surface area (Å²) in [6, 6.07) is 5.15. The molecule has 3 rings (SSSR count). The number of nitrogens with zero attached hydrogens (tertiary/aromatic N) is 3. The molecule has 2 aromatic heterocycles. The number of amides is 2. The van der Waals surface area contributed by atoms with Gasteiger partial charge in [0, 0.05) is 31.9 Å². The van der Waals surface area contributed by atoms with E-state index in [1.165, 1.54) is 12.5 Å². The van der Waals surface area contributed by atoms with Crippen molar-refractivity contribution >= 4 is 17.6 Å². The molecule has 0 bridgehead atoms. The van der Waals surface area contributed by atoms with Gasteiger partial charge in [0.25, 0.3) is 11.8 Å². The third kappa shape index (κ3) is 3.24. The first-order valence-electron chi connectivity index (χ1n) is 7.90. The molecule has 1 fully saturated rings. The zero-order valence-electron chi connectivity index (χ0n) is 13.6. The van der Waals surface area contributed by atoms with Gasteiger partial charge < -0.3 is 20.0 Å². The topological polar surface area (TPSA) is 92.7 Å². The second kappa shape index (κ2) is 6.74. The smallest absolute Gasteiger partial charge is 0.257 e. The lowest BCUT2D eigenvalue weighted by Gasteiger charge is -2.24. The summed E-state index contributed by atoms with van der Waals surface area (Å²) in [5, 5.41) is 0. The van der Waals surface area contributed by atoms with Crippen LogP contribution in [0.5, 0.6) is 0 Å². The molecular weight excluding hydrogens is 308 g/mol. The van der Waals surface area contributed by atoms with Crippen LogP contribution in [0.2, 0.25) is 0 Å². The van der Waals surface area contributed by atoms with E-state index >= 15 is 0 Å². The molecule has 0 spiro atoms. The summed E-state index contributed by atoms with van der Waals surface area (Å²) in [5.74, 6) is 0.0612. The fraction of sp³-hybridized carbons (Fsp3) is 0.353. The van der Waals surface area contributed by atoms with Crippen molar-refractivity contribution < 1.29 is 14.0 Å². The third-order valence-corrected chi connectivity index (χ3v) is 4.13. The summed E-state index contributed by atoms with van der Waals surface area (Å²) < 4.78 is 4.98. The van der Waals surface area contributed by atoms with Crippen LogP contribution in [0.4, 0.5) is 5.82 Å². The Kier molecular flexibility index (Phi) is 4.50. The maximum atomic E-state index is 12.4. The molecule has 7 nitrogen and oxygen atoms in total. The number of primary amides is 1. The van der Waals surface area contributed by atoms with Gasteiger partial charge in [0.05, 0.1) is 17.4 Å². The minimum absolute atomic E-state index is 0.0436. The van der Waals surface area contributed by atoms with Crippen LogP contribution >= 0.6 is 0 Å². The number of nitrogens with two attached hydrogens (primary N) is 1. The number of hydrogen-bond donors (Lipinski definition) is 1. The Labute approximate surface area is 140 Å². The van der Waals surface area contributed by atoms with Crippen molar-refractivity contribution in [2.24, 2.45) is 5.73 Å². The summed E-state index contributed by atoms with van der Waals surface area (Å²) >= 11 is 0. The van der Waals surface area contributed by atoms with Crippen LogP contribution in [0.25, 0.3) is 0 Å². The van der Waals surface area contributed by atoms with E-state index in [1.54, 1.807) is 23.1 Å². The van der Waals surface area contributed by atoms with Crippen molar-refractivity contribution in [2.45, 2.75) is 13.3 Å². The highest BCUT2D eigenvalue weighted by molar-refractivity contribution is 5.98. The lowest BCUT2D eigenvalue weighted by molar-refractivity contribution is 0.0766. The highest BCUT2D eigenvalue weighted by Crippen LogP contribution is 2.20. The fourth-order valence-corrected chi connectivity index (χ4v) is 2.88. The van der Waals surface area contributed by atoms with E-state index in [-0.39, 0.29) is 5.91 Å². The molecule has 2 N–H and O–H groups in total. The van der Waals surface area contributed by atoms with Gasteiger partial charge >= 0.3 is 0 Å². The first kappa shape index (κ1) is 16.0. The van der Waals surface area contributed by atoms with Crippen LogP contribution in [0.3, 0.4) is 0 Å². The normalized spacial score (nSPS) is 15.2. The van der Waals surface area contributed by atoms with E-state index in [2.05, 4.69) is 4.98 Å². The second-order valence-corrected chi connectivity index (χ2v) is 5.83. The van der Waals surface area contributed by atoms with Crippen molar-refractivity contribution in [3.8, 4) is 0 Å². The molecule has 1 aliphatic heterocycles. The molecule has 3 heterocycles. The number of hydrogen-bond acceptors (Lipinski definition) is 5. The van der Waals surface area contributed by atoms with Crippen LogP contribution in [-0.2, 0) is 0 Å². The van der Waals surface area contributed by atoms with Gasteiger partial charge in [-0.2, -0.15) is 0 Å². The molecule has 2 aromatic rings. The largest absolute Gasteiger partial charge is 0.472 e. The molecule has 0 aliphatic carbocycles. The molecular formula is C17H20N4O3. The Balaban J connectivity index is 1.78. The Hall–Kier alpha value is -2.83. The van der Waals surface area contributed by atoms with Crippen LogP contribution in [0.1, 0.15) is 32.8 Å². The maximum Gasteiger partial charge on any atom is 0.257 e. The first-order valence-corrected chi connectivity index (χ1v) is 7.90. The molecule has 1 aliphatic rings. The molecule has 0 radical (unpaired) electrons. The summed E-state index contributed by atoms with van der Waals surface area (Å²) in [6.07, 6.45) is 3.74. The van der Waals surface area contributed by atoms with Gasteiger partial charge in [-0.3, -0.25) is 9.59 Å². The molecule has 1 saturated heterocycles. The molecule has 24 heavy (non-hydrogen) atoms. The lowest BCUT2D eigenvalue weighted by atomic mass is 10.2. The number of aryl methyl sites for hydroxylation is 1. The number of aromatic nitrogens is 1. The molecule has 0 saturated carbocycles. The van der Waals surface area contributed by atoms with E-state index in [1.807, 2.05) is 11.8 Å². The SMILES string of the molecule is Cc1ccc(C(N)=O)c(N2CCCN(C(=O)c3ccoc3)CC2)n1. The fourth-order valence-electron chi connectivity index (χ4n) is 2.88. The second-order valence-electron chi connectivity index (χ2n) is 5.83. The number of anilines is 1. The average Bonchev–Trinajstić information content (AvgIpc) is 2.98. The standard InChI is InChI=1S/C17H20N4O3/c1-12-3-4-14(15(18)22)16(19-12)20-6-2-7-21(9-8-20)17(23)13-5-10-24-11-13/h3-5,10-11H,2,6-9H2,1H3,(H2,18,22). The van der Waals surface area contributed by atoms with Crippen LogP contribution in [0.15, 0.2) is 35.1 Å². The van der Waals surface area contributed by atoms with Crippen LogP contribution in [-0.4, -0.2) is 47.9 Å². The van der Waals surface area contributed by atoms with Gasteiger partial charge in [-0.25, -0.2) is 4.98 Å². The van der Waals surface area contributed by atoms with E-state index < -0.39 is 5.91 Å². The summed E-state index contributed by atoms with van der Waals surface area (Å²) in [7, 11) is 0. The summed E-state index contributed by atoms with van der Waals surface area (Å²) in [4.78, 5) is 32.4. The highest BCUT2D eigenvalue weighted by Gasteiger charge is 2.23. The quantitative estimate of drug-likeness (QED) is 0.920. The van der Waals surface area contributed by atoms with Gasteiger partial charge in [0.2, 0.25) is 0 Å². The molecule has 0 atom stereocenters. The van der Waals surface area contributed by atoms with Gasteiger partial charge in [0.15, 0.2) is 0 Å². The predicted molar refractivity (Wildman–Crippen MR) is 88.9 cm³/mol. The van der Waals surface area contributed by atoms with Gasteiger partial charge in [-0.05, 0) is 31.5 Å². The number of rotatable bonds is 3. The Morgan fingerprint density at radius 3 is 2.71 bits per heavy atom. The van der Waals surface area contributed by atoms with Gasteiger partial charge in [-0.1, -0.05) is 0 Å². The molecule has 126 valence electrons. The molecule has 7 heteroatoms. The Morgan fingerprint density at radius 1 is 1.17 bits per heavy atom.